The molecule has 4 nitrogen and oxygen atoms in total. The van der Waals surface area contributed by atoms with Crippen LogP contribution in [0.15, 0.2) is 59.1 Å². The van der Waals surface area contributed by atoms with Gasteiger partial charge in [0.15, 0.2) is 0 Å². The Kier molecular flexibility index (Phi) is 4.52. The van der Waals surface area contributed by atoms with Crippen LogP contribution >= 0.6 is 15.9 Å². The number of halogens is 2. The van der Waals surface area contributed by atoms with Crippen molar-refractivity contribution in [1.82, 2.24) is 9.97 Å². The quantitative estimate of drug-likeness (QED) is 0.662. The van der Waals surface area contributed by atoms with Crippen molar-refractivity contribution in [3.8, 4) is 0 Å². The van der Waals surface area contributed by atoms with E-state index >= 15 is 0 Å². The summed E-state index contributed by atoms with van der Waals surface area (Å²) in [5, 5.41) is 6.12. The summed E-state index contributed by atoms with van der Waals surface area (Å²) in [4.78, 5) is 8.73. The molecule has 0 saturated carbocycles. The van der Waals surface area contributed by atoms with Crippen LogP contribution in [0.4, 0.5) is 27.5 Å². The second kappa shape index (κ2) is 6.75. The molecule has 3 aromatic rings. The van der Waals surface area contributed by atoms with E-state index in [-0.39, 0.29) is 5.82 Å². The van der Waals surface area contributed by atoms with Crippen LogP contribution in [0.5, 0.6) is 0 Å². The van der Waals surface area contributed by atoms with E-state index in [4.69, 9.17) is 0 Å². The van der Waals surface area contributed by atoms with Crippen molar-refractivity contribution in [2.45, 2.75) is 6.92 Å². The Balaban J connectivity index is 1.86. The molecule has 0 amide bonds. The molecule has 6 heteroatoms. The molecule has 0 spiro atoms. The predicted octanol–water partition coefficient (Wildman–Crippen LogP) is 5.17. The highest BCUT2D eigenvalue weighted by atomic mass is 79.9. The van der Waals surface area contributed by atoms with Crippen molar-refractivity contribution in [2.75, 3.05) is 10.6 Å². The lowest BCUT2D eigenvalue weighted by atomic mass is 10.3. The van der Waals surface area contributed by atoms with Gasteiger partial charge in [-0.3, -0.25) is 0 Å². The van der Waals surface area contributed by atoms with Crippen molar-refractivity contribution < 1.29 is 4.39 Å². The van der Waals surface area contributed by atoms with Crippen LogP contribution in [0.2, 0.25) is 0 Å². The lowest BCUT2D eigenvalue weighted by Crippen LogP contribution is -2.03. The Morgan fingerprint density at radius 2 is 1.78 bits per heavy atom. The normalized spacial score (nSPS) is 10.4. The molecular formula is C17H14BrFN4. The molecule has 0 fully saturated rings. The molecule has 0 atom stereocenters. The van der Waals surface area contributed by atoms with Crippen molar-refractivity contribution in [1.29, 1.82) is 0 Å². The van der Waals surface area contributed by atoms with Gasteiger partial charge in [-0.25, -0.2) is 9.37 Å². The smallest absolute Gasteiger partial charge is 0.229 e. The number of aryl methyl sites for hydroxylation is 1. The summed E-state index contributed by atoms with van der Waals surface area (Å²) >= 11 is 3.42. The first-order chi connectivity index (χ1) is 11.1. The maximum absolute atomic E-state index is 13.7. The number of hydrogen-bond acceptors (Lipinski definition) is 4. The van der Waals surface area contributed by atoms with Gasteiger partial charge in [-0.15, -0.1) is 0 Å². The van der Waals surface area contributed by atoms with Gasteiger partial charge in [-0.2, -0.15) is 4.98 Å². The average Bonchev–Trinajstić information content (AvgIpc) is 2.49. The highest BCUT2D eigenvalue weighted by molar-refractivity contribution is 9.10. The molecule has 0 bridgehead atoms. The summed E-state index contributed by atoms with van der Waals surface area (Å²) in [5.74, 6) is 0.646. The largest absolute Gasteiger partial charge is 0.338 e. The second-order valence-electron chi connectivity index (χ2n) is 4.96. The third kappa shape index (κ3) is 4.04. The van der Waals surface area contributed by atoms with E-state index < -0.39 is 0 Å². The minimum Gasteiger partial charge on any atom is -0.338 e. The number of para-hydroxylation sites is 1. The third-order valence-corrected chi connectivity index (χ3v) is 3.56. The molecule has 1 heterocycles. The van der Waals surface area contributed by atoms with Crippen molar-refractivity contribution >= 4 is 39.1 Å². The summed E-state index contributed by atoms with van der Waals surface area (Å²) < 4.78 is 14.7. The number of anilines is 4. The topological polar surface area (TPSA) is 49.8 Å². The van der Waals surface area contributed by atoms with Crippen LogP contribution in [0.1, 0.15) is 5.69 Å². The Bertz CT molecular complexity index is 838. The minimum absolute atomic E-state index is 0.328. The molecule has 0 unspecified atom stereocenters. The van der Waals surface area contributed by atoms with Gasteiger partial charge in [-0.1, -0.05) is 34.1 Å². The maximum atomic E-state index is 13.7. The van der Waals surface area contributed by atoms with E-state index in [9.17, 15) is 4.39 Å². The van der Waals surface area contributed by atoms with Crippen LogP contribution in [0.3, 0.4) is 0 Å². The zero-order chi connectivity index (χ0) is 16.2. The summed E-state index contributed by atoms with van der Waals surface area (Å²) in [6, 6.07) is 15.9. The molecule has 0 aliphatic heterocycles. The second-order valence-corrected chi connectivity index (χ2v) is 5.87. The molecular weight excluding hydrogens is 359 g/mol. The molecule has 2 aromatic carbocycles. The molecule has 0 aliphatic rings. The van der Waals surface area contributed by atoms with Gasteiger partial charge in [0.25, 0.3) is 0 Å². The van der Waals surface area contributed by atoms with E-state index in [0.717, 1.165) is 15.9 Å². The van der Waals surface area contributed by atoms with Gasteiger partial charge in [0.2, 0.25) is 5.95 Å². The van der Waals surface area contributed by atoms with Gasteiger partial charge in [0.1, 0.15) is 11.6 Å². The Morgan fingerprint density at radius 1 is 0.957 bits per heavy atom. The standard InChI is InChI=1S/C17H14BrFN4/c1-11-9-16(22-15-8-3-2-7-14(15)19)23-17(20-11)21-13-6-4-5-12(18)10-13/h2-10H,1H3,(H2,20,21,22,23). The van der Waals surface area contributed by atoms with Crippen LogP contribution in [-0.2, 0) is 0 Å². The number of rotatable bonds is 4. The monoisotopic (exact) mass is 372 g/mol. The van der Waals surface area contributed by atoms with E-state index in [0.29, 0.717) is 17.5 Å². The molecule has 116 valence electrons. The van der Waals surface area contributed by atoms with E-state index in [2.05, 4.69) is 36.5 Å². The zero-order valence-corrected chi connectivity index (χ0v) is 13.9. The first kappa shape index (κ1) is 15.4. The first-order valence-electron chi connectivity index (χ1n) is 7.00. The lowest BCUT2D eigenvalue weighted by molar-refractivity contribution is 0.632. The van der Waals surface area contributed by atoms with Gasteiger partial charge in [0.05, 0.1) is 5.69 Å². The predicted molar refractivity (Wildman–Crippen MR) is 93.9 cm³/mol. The zero-order valence-electron chi connectivity index (χ0n) is 12.3. The van der Waals surface area contributed by atoms with Crippen molar-refractivity contribution in [2.24, 2.45) is 0 Å². The van der Waals surface area contributed by atoms with Crippen LogP contribution in [-0.4, -0.2) is 9.97 Å². The molecule has 2 N–H and O–H groups in total. The average molecular weight is 373 g/mol. The third-order valence-electron chi connectivity index (χ3n) is 3.07. The summed E-state index contributed by atoms with van der Waals surface area (Å²) in [6.45, 7) is 1.86. The Hall–Kier alpha value is -2.47. The summed E-state index contributed by atoms with van der Waals surface area (Å²) in [5.41, 5.74) is 2.01. The fraction of sp³-hybridized carbons (Fsp3) is 0.0588. The first-order valence-corrected chi connectivity index (χ1v) is 7.79. The van der Waals surface area contributed by atoms with E-state index in [1.807, 2.05) is 31.2 Å². The number of hydrogen-bond donors (Lipinski definition) is 2. The molecule has 1 aromatic heterocycles. The highest BCUT2D eigenvalue weighted by Gasteiger charge is 2.06. The fourth-order valence-electron chi connectivity index (χ4n) is 2.08. The number of nitrogens with one attached hydrogen (secondary N) is 2. The maximum Gasteiger partial charge on any atom is 0.229 e. The van der Waals surface area contributed by atoms with Crippen LogP contribution in [0.25, 0.3) is 0 Å². The fourth-order valence-corrected chi connectivity index (χ4v) is 2.48. The molecule has 0 saturated heterocycles. The molecule has 3 rings (SSSR count). The van der Waals surface area contributed by atoms with E-state index in [1.165, 1.54) is 6.07 Å². The van der Waals surface area contributed by atoms with Crippen LogP contribution in [0, 0.1) is 12.7 Å². The summed E-state index contributed by atoms with van der Waals surface area (Å²) in [7, 11) is 0. The number of aromatic nitrogens is 2. The Labute approximate surface area is 141 Å². The van der Waals surface area contributed by atoms with Gasteiger partial charge in [0, 0.05) is 21.9 Å². The van der Waals surface area contributed by atoms with Gasteiger partial charge in [-0.05, 0) is 37.3 Å². The summed E-state index contributed by atoms with van der Waals surface area (Å²) in [6.07, 6.45) is 0. The van der Waals surface area contributed by atoms with Crippen molar-refractivity contribution in [3.05, 3.63) is 70.6 Å². The van der Waals surface area contributed by atoms with Crippen LogP contribution < -0.4 is 10.6 Å². The van der Waals surface area contributed by atoms with Crippen molar-refractivity contribution in [3.63, 3.8) is 0 Å². The van der Waals surface area contributed by atoms with Gasteiger partial charge < -0.3 is 10.6 Å². The molecule has 0 radical (unpaired) electrons. The highest BCUT2D eigenvalue weighted by Crippen LogP contribution is 2.22. The van der Waals surface area contributed by atoms with Gasteiger partial charge >= 0.3 is 0 Å². The number of benzene rings is 2. The minimum atomic E-state index is -0.328. The SMILES string of the molecule is Cc1cc(Nc2ccccc2F)nc(Nc2cccc(Br)c2)n1. The van der Waals surface area contributed by atoms with E-state index in [1.54, 1.807) is 24.3 Å². The number of nitrogens with zero attached hydrogens (tertiary/aromatic N) is 2. The lowest BCUT2D eigenvalue weighted by Gasteiger charge is -2.10. The Morgan fingerprint density at radius 3 is 2.57 bits per heavy atom. The molecule has 0 aliphatic carbocycles. The molecule has 23 heavy (non-hydrogen) atoms.